The van der Waals surface area contributed by atoms with Crippen LogP contribution in [-0.4, -0.2) is 30.7 Å². The van der Waals surface area contributed by atoms with Crippen molar-refractivity contribution in [3.63, 3.8) is 0 Å². The van der Waals surface area contributed by atoms with Crippen LogP contribution in [0, 0.1) is 24.8 Å². The number of rotatable bonds is 3. The van der Waals surface area contributed by atoms with Crippen molar-refractivity contribution >= 4 is 0 Å². The number of nitrogens with zero attached hydrogens (tertiary/aromatic N) is 1. The molecule has 89 valence electrons. The molecule has 1 aliphatic heterocycles. The van der Waals surface area contributed by atoms with Crippen LogP contribution in [-0.2, 0) is 37.4 Å². The first-order valence-electron chi connectivity index (χ1n) is 5.84. The monoisotopic (exact) mass is 297 g/mol. The molecule has 0 aromatic heterocycles. The van der Waals surface area contributed by atoms with Gasteiger partial charge in [0.2, 0.25) is 0 Å². The molecule has 0 bridgehead atoms. The van der Waals surface area contributed by atoms with E-state index in [4.69, 9.17) is 4.74 Å². The summed E-state index contributed by atoms with van der Waals surface area (Å²) in [7, 11) is 3.92. The van der Waals surface area contributed by atoms with E-state index in [2.05, 4.69) is 37.6 Å². The van der Waals surface area contributed by atoms with Gasteiger partial charge in [-0.3, -0.25) is 7.05 Å². The molecule has 2 nitrogen and oxygen atoms in total. The van der Waals surface area contributed by atoms with Crippen LogP contribution in [0.4, 0.5) is 0 Å². The number of hydrogen-bond acceptors (Lipinski definition) is 2. The number of piperidine rings is 1. The summed E-state index contributed by atoms with van der Waals surface area (Å²) in [4.78, 5) is 2.11. The van der Waals surface area contributed by atoms with Gasteiger partial charge < -0.3 is 9.64 Å². The van der Waals surface area contributed by atoms with Crippen molar-refractivity contribution in [3.8, 4) is 11.8 Å². The van der Waals surface area contributed by atoms with Crippen LogP contribution < -0.4 is 0 Å². The van der Waals surface area contributed by atoms with Crippen molar-refractivity contribution in [2.24, 2.45) is 5.92 Å². The molecule has 1 saturated heterocycles. The molecule has 0 aromatic carbocycles. The van der Waals surface area contributed by atoms with Gasteiger partial charge >= 0.3 is 0 Å². The normalized spacial score (nSPS) is 17.8. The van der Waals surface area contributed by atoms with E-state index in [1.54, 1.807) is 0 Å². The third-order valence-electron chi connectivity index (χ3n) is 2.51. The first-order valence-corrected chi connectivity index (χ1v) is 5.84. The van der Waals surface area contributed by atoms with E-state index in [0.717, 1.165) is 39.0 Å². The van der Waals surface area contributed by atoms with Crippen molar-refractivity contribution in [2.75, 3.05) is 19.7 Å². The minimum Gasteiger partial charge on any atom is -0.459 e. The smallest absolute Gasteiger partial charge is 0.0598 e. The Morgan fingerprint density at radius 2 is 2.00 bits per heavy atom. The van der Waals surface area contributed by atoms with E-state index in [9.17, 15) is 0 Å². The summed E-state index contributed by atoms with van der Waals surface area (Å²) in [5.41, 5.74) is 0. The molecule has 0 N–H and O–H groups in total. The summed E-state index contributed by atoms with van der Waals surface area (Å²) in [6.45, 7) is 7.11. The van der Waals surface area contributed by atoms with E-state index in [-0.39, 0.29) is 32.7 Å². The topological polar surface area (TPSA) is 12.5 Å². The Balaban J connectivity index is 0.00000225. The van der Waals surface area contributed by atoms with Crippen molar-refractivity contribution in [1.29, 1.82) is 0 Å². The molecule has 1 radical (unpaired) electrons. The fraction of sp³-hybridized carbons (Fsp3) is 0.769. The minimum absolute atomic E-state index is 0. The van der Waals surface area contributed by atoms with Crippen LogP contribution in [0.25, 0.3) is 0 Å². The standard InChI is InChI=1S/C13H22NO.Y/c1-12(2)6-4-5-11-15-13-7-9-14(3)10-8-13;/h12-13H,3,5,7-11H2,1-2H3;/q-1;. The molecule has 0 aliphatic carbocycles. The van der Waals surface area contributed by atoms with Gasteiger partial charge in [0.05, 0.1) is 12.7 Å². The number of hydrogen-bond donors (Lipinski definition) is 0. The second-order valence-corrected chi connectivity index (χ2v) is 4.41. The Labute approximate surface area is 125 Å². The second-order valence-electron chi connectivity index (χ2n) is 4.41. The number of likely N-dealkylation sites (tertiary alicyclic amines) is 1. The SMILES string of the molecule is [CH2-]N1CCC(OCCC#CC(C)C)CC1.[Y]. The maximum absolute atomic E-state index is 5.76. The maximum Gasteiger partial charge on any atom is 0.0598 e. The van der Waals surface area contributed by atoms with Crippen LogP contribution in [0.15, 0.2) is 0 Å². The summed E-state index contributed by atoms with van der Waals surface area (Å²) in [6, 6.07) is 0. The van der Waals surface area contributed by atoms with Gasteiger partial charge in [-0.25, -0.2) is 0 Å². The van der Waals surface area contributed by atoms with Gasteiger partial charge in [0.15, 0.2) is 0 Å². The van der Waals surface area contributed by atoms with Gasteiger partial charge in [-0.05, 0) is 25.9 Å². The van der Waals surface area contributed by atoms with Gasteiger partial charge in [-0.15, -0.1) is 11.8 Å². The molecule has 0 spiro atoms. The second kappa shape index (κ2) is 9.60. The number of ether oxygens (including phenoxy) is 1. The van der Waals surface area contributed by atoms with E-state index in [1.807, 2.05) is 0 Å². The third-order valence-corrected chi connectivity index (χ3v) is 2.51. The summed E-state index contributed by atoms with van der Waals surface area (Å²) in [5, 5.41) is 0. The van der Waals surface area contributed by atoms with E-state index < -0.39 is 0 Å². The molecule has 3 heteroatoms. The minimum atomic E-state index is 0. The van der Waals surface area contributed by atoms with Gasteiger partial charge in [0, 0.05) is 45.0 Å². The molecule has 1 rings (SSSR count). The van der Waals surface area contributed by atoms with E-state index in [0.29, 0.717) is 12.0 Å². The van der Waals surface area contributed by atoms with Gasteiger partial charge in [-0.1, -0.05) is 13.8 Å². The third kappa shape index (κ3) is 7.79. The molecule has 0 saturated carbocycles. The van der Waals surface area contributed by atoms with E-state index >= 15 is 0 Å². The largest absolute Gasteiger partial charge is 0.459 e. The quantitative estimate of drug-likeness (QED) is 0.450. The molecule has 16 heavy (non-hydrogen) atoms. The molecular formula is C13H22NOY-. The molecule has 1 heterocycles. The van der Waals surface area contributed by atoms with Crippen molar-refractivity contribution in [1.82, 2.24) is 4.90 Å². The van der Waals surface area contributed by atoms with Crippen LogP contribution >= 0.6 is 0 Å². The van der Waals surface area contributed by atoms with Crippen molar-refractivity contribution in [2.45, 2.75) is 39.2 Å². The summed E-state index contributed by atoms with van der Waals surface area (Å²) >= 11 is 0. The molecule has 1 fully saturated rings. The zero-order chi connectivity index (χ0) is 11.1. The Morgan fingerprint density at radius 1 is 1.38 bits per heavy atom. The summed E-state index contributed by atoms with van der Waals surface area (Å²) in [6.07, 6.45) is 3.52. The van der Waals surface area contributed by atoms with Gasteiger partial charge in [0.1, 0.15) is 0 Å². The Kier molecular flexibility index (Phi) is 9.95. The fourth-order valence-corrected chi connectivity index (χ4v) is 1.63. The first-order chi connectivity index (χ1) is 7.18. The molecular weight excluding hydrogens is 275 g/mol. The Morgan fingerprint density at radius 3 is 2.56 bits per heavy atom. The average molecular weight is 297 g/mol. The fourth-order valence-electron chi connectivity index (χ4n) is 1.63. The van der Waals surface area contributed by atoms with Gasteiger partial charge in [0.25, 0.3) is 0 Å². The predicted molar refractivity (Wildman–Crippen MR) is 63.1 cm³/mol. The van der Waals surface area contributed by atoms with E-state index in [1.165, 1.54) is 0 Å². The summed E-state index contributed by atoms with van der Waals surface area (Å²) in [5.74, 6) is 6.75. The molecule has 0 amide bonds. The van der Waals surface area contributed by atoms with Crippen LogP contribution in [0.1, 0.15) is 33.1 Å². The van der Waals surface area contributed by atoms with Gasteiger partial charge in [-0.2, -0.15) is 0 Å². The zero-order valence-electron chi connectivity index (χ0n) is 10.5. The van der Waals surface area contributed by atoms with Crippen LogP contribution in [0.3, 0.4) is 0 Å². The Bertz CT molecular complexity index is 224. The first kappa shape index (κ1) is 16.6. The molecule has 0 unspecified atom stereocenters. The molecule has 1 aliphatic rings. The molecule has 0 atom stereocenters. The van der Waals surface area contributed by atoms with Crippen molar-refractivity contribution in [3.05, 3.63) is 7.05 Å². The van der Waals surface area contributed by atoms with Crippen LogP contribution in [0.5, 0.6) is 0 Å². The summed E-state index contributed by atoms with van der Waals surface area (Å²) < 4.78 is 5.76. The average Bonchev–Trinajstić information content (AvgIpc) is 2.20. The zero-order valence-corrected chi connectivity index (χ0v) is 13.4. The van der Waals surface area contributed by atoms with Crippen molar-refractivity contribution < 1.29 is 37.4 Å². The predicted octanol–water partition coefficient (Wildman–Crippen LogP) is 2.31. The maximum atomic E-state index is 5.76. The van der Waals surface area contributed by atoms with Crippen LogP contribution in [0.2, 0.25) is 0 Å². The Hall–Kier alpha value is 0.584. The molecule has 0 aromatic rings.